The van der Waals surface area contributed by atoms with Crippen LogP contribution in [-0.2, 0) is 28.6 Å². The highest BCUT2D eigenvalue weighted by Crippen LogP contribution is 2.13. The molecule has 0 aromatic rings. The summed E-state index contributed by atoms with van der Waals surface area (Å²) in [7, 11) is 5.51. The number of allylic oxidation sites excluding steroid dienone is 4. The van der Waals surface area contributed by atoms with Crippen LogP contribution in [0.4, 0.5) is 0 Å². The number of likely N-dealkylation sites (N-methyl/N-ethyl adjacent to an activating group) is 1. The second-order valence-corrected chi connectivity index (χ2v) is 13.8. The van der Waals surface area contributed by atoms with Gasteiger partial charge < -0.3 is 23.8 Å². The zero-order chi connectivity index (χ0) is 35.0. The summed E-state index contributed by atoms with van der Waals surface area (Å²) in [5.74, 6) is -1.49. The van der Waals surface area contributed by atoms with Crippen LogP contribution in [0.2, 0.25) is 0 Å². The quantitative estimate of drug-likeness (QED) is 0.0322. The summed E-state index contributed by atoms with van der Waals surface area (Å²) in [5, 5.41) is 9.57. The average Bonchev–Trinajstić information content (AvgIpc) is 3.01. The smallest absolute Gasteiger partial charge is 0.362 e. The largest absolute Gasteiger partial charge is 0.477 e. The van der Waals surface area contributed by atoms with Gasteiger partial charge in [-0.05, 0) is 38.5 Å². The molecule has 0 aliphatic carbocycles. The molecule has 0 aliphatic rings. The molecule has 0 amide bonds. The van der Waals surface area contributed by atoms with Crippen molar-refractivity contribution in [3.63, 3.8) is 0 Å². The fourth-order valence-electron chi connectivity index (χ4n) is 5.34. The number of hydrogen-bond acceptors (Lipinski definition) is 6. The van der Waals surface area contributed by atoms with Crippen molar-refractivity contribution in [3.05, 3.63) is 24.3 Å². The molecule has 0 saturated carbocycles. The highest BCUT2D eigenvalue weighted by molar-refractivity contribution is 5.72. The molecule has 274 valence electrons. The molecule has 2 unspecified atom stereocenters. The lowest BCUT2D eigenvalue weighted by Gasteiger charge is -2.31. The van der Waals surface area contributed by atoms with Crippen molar-refractivity contribution in [2.75, 3.05) is 41.0 Å². The molecule has 0 aromatic heterocycles. The molecule has 8 nitrogen and oxygen atoms in total. The summed E-state index contributed by atoms with van der Waals surface area (Å²) in [5.41, 5.74) is 0. The predicted octanol–water partition coefficient (Wildman–Crippen LogP) is 9.35. The van der Waals surface area contributed by atoms with Crippen molar-refractivity contribution in [1.82, 2.24) is 0 Å². The number of carboxylic acid groups (broad SMARTS) is 1. The maximum Gasteiger partial charge on any atom is 0.362 e. The van der Waals surface area contributed by atoms with Crippen LogP contribution in [0.25, 0.3) is 0 Å². The molecule has 0 aromatic carbocycles. The first-order valence-electron chi connectivity index (χ1n) is 18.9. The normalized spacial score (nSPS) is 13.3. The lowest BCUT2D eigenvalue weighted by molar-refractivity contribution is -0.887. The molecule has 0 bridgehead atoms. The van der Waals surface area contributed by atoms with E-state index < -0.39 is 18.1 Å². The first-order valence-corrected chi connectivity index (χ1v) is 18.9. The molecule has 8 heteroatoms. The molecule has 0 heterocycles. The van der Waals surface area contributed by atoms with E-state index in [1.54, 1.807) is 0 Å². The molecular formula is C39H72NO7+. The topological polar surface area (TPSA) is 99.1 Å². The highest BCUT2D eigenvalue weighted by atomic mass is 16.6. The number of aliphatic carboxylic acids is 1. The van der Waals surface area contributed by atoms with Gasteiger partial charge in [0.05, 0.1) is 34.4 Å². The Bertz CT molecular complexity index is 834. The maximum absolute atomic E-state index is 12.6. The maximum atomic E-state index is 12.6. The number of hydrogen-bond donors (Lipinski definition) is 1. The fourth-order valence-corrected chi connectivity index (χ4v) is 5.34. The van der Waals surface area contributed by atoms with Crippen LogP contribution in [0.15, 0.2) is 24.3 Å². The second kappa shape index (κ2) is 31.1. The molecule has 1 N–H and O–H groups in total. The van der Waals surface area contributed by atoms with Gasteiger partial charge in [0.2, 0.25) is 0 Å². The summed E-state index contributed by atoms with van der Waals surface area (Å²) in [6.07, 6.45) is 30.7. The van der Waals surface area contributed by atoms with E-state index in [2.05, 4.69) is 38.2 Å². The zero-order valence-corrected chi connectivity index (χ0v) is 31.0. The lowest BCUT2D eigenvalue weighted by Crippen LogP contribution is -2.50. The number of nitrogens with zero attached hydrogens (tertiary/aromatic N) is 1. The number of quaternary nitrogens is 1. The molecule has 0 fully saturated rings. The molecule has 2 atom stereocenters. The third kappa shape index (κ3) is 29.7. The lowest BCUT2D eigenvalue weighted by atomic mass is 10.1. The van der Waals surface area contributed by atoms with Crippen LogP contribution in [0.5, 0.6) is 0 Å². The summed E-state index contributed by atoms with van der Waals surface area (Å²) in [6.45, 7) is 4.65. The third-order valence-electron chi connectivity index (χ3n) is 8.35. The van der Waals surface area contributed by atoms with Gasteiger partial charge in [0.25, 0.3) is 0 Å². The fraction of sp³-hybridized carbons (Fsp3) is 0.821. The van der Waals surface area contributed by atoms with Gasteiger partial charge in [0.15, 0.2) is 12.1 Å². The minimum Gasteiger partial charge on any atom is -0.477 e. The van der Waals surface area contributed by atoms with Crippen LogP contribution in [-0.4, -0.2) is 80.6 Å². The van der Waals surface area contributed by atoms with Crippen molar-refractivity contribution in [2.45, 2.75) is 167 Å². The predicted molar refractivity (Wildman–Crippen MR) is 192 cm³/mol. The number of unbranched alkanes of at least 4 members (excludes halogenated alkanes) is 15. The van der Waals surface area contributed by atoms with Gasteiger partial charge in [-0.25, -0.2) is 4.79 Å². The van der Waals surface area contributed by atoms with E-state index in [-0.39, 0.29) is 36.2 Å². The molecular weight excluding hydrogens is 594 g/mol. The Labute approximate surface area is 288 Å². The number of carbonyl (C=O) groups is 3. The minimum atomic E-state index is -0.878. The van der Waals surface area contributed by atoms with Gasteiger partial charge in [-0.1, -0.05) is 122 Å². The van der Waals surface area contributed by atoms with Crippen LogP contribution in [0.1, 0.15) is 155 Å². The Morgan fingerprint density at radius 1 is 0.638 bits per heavy atom. The van der Waals surface area contributed by atoms with Crippen molar-refractivity contribution < 1.29 is 38.2 Å². The van der Waals surface area contributed by atoms with E-state index >= 15 is 0 Å². The van der Waals surface area contributed by atoms with Crippen LogP contribution < -0.4 is 0 Å². The monoisotopic (exact) mass is 667 g/mol. The van der Waals surface area contributed by atoms with E-state index in [9.17, 15) is 19.5 Å². The Morgan fingerprint density at radius 3 is 1.70 bits per heavy atom. The van der Waals surface area contributed by atoms with Gasteiger partial charge in [-0.2, -0.15) is 0 Å². The summed E-state index contributed by atoms with van der Waals surface area (Å²) < 4.78 is 17.1. The van der Waals surface area contributed by atoms with Gasteiger partial charge in [-0.15, -0.1) is 0 Å². The number of carboxylic acids is 1. The average molecular weight is 667 g/mol. The van der Waals surface area contributed by atoms with E-state index in [4.69, 9.17) is 14.2 Å². The molecule has 0 spiro atoms. The molecule has 0 saturated heterocycles. The van der Waals surface area contributed by atoms with Crippen molar-refractivity contribution in [3.8, 4) is 0 Å². The van der Waals surface area contributed by atoms with E-state index in [0.717, 1.165) is 64.2 Å². The molecule has 0 radical (unpaired) electrons. The number of carbonyl (C=O) groups excluding carboxylic acids is 2. The molecule has 0 aliphatic heterocycles. The highest BCUT2D eigenvalue weighted by Gasteiger charge is 2.31. The summed E-state index contributed by atoms with van der Waals surface area (Å²) in [4.78, 5) is 36.7. The Hall–Kier alpha value is -2.19. The van der Waals surface area contributed by atoms with E-state index in [1.165, 1.54) is 57.8 Å². The van der Waals surface area contributed by atoms with Gasteiger partial charge in [-0.3, -0.25) is 9.59 Å². The van der Waals surface area contributed by atoms with E-state index in [1.807, 2.05) is 21.1 Å². The Morgan fingerprint density at radius 2 is 1.15 bits per heavy atom. The standard InChI is InChI=1S/C39H71NO7/c1-6-8-10-12-14-16-17-18-19-20-22-24-26-28-30-38(42)47-35(33-45-32-31-36(39(43)44)40(3,4)5)34-46-37(41)29-27-25-23-21-15-13-11-9-7-2/h12,14,17-18,35-36H,6-11,13,15-16,19-34H2,1-5H3/p+1/b14-12-,18-17-. The van der Waals surface area contributed by atoms with Crippen LogP contribution in [0, 0.1) is 0 Å². The summed E-state index contributed by atoms with van der Waals surface area (Å²) >= 11 is 0. The van der Waals surface area contributed by atoms with Crippen LogP contribution >= 0.6 is 0 Å². The van der Waals surface area contributed by atoms with Gasteiger partial charge in [0.1, 0.15) is 6.61 Å². The minimum absolute atomic E-state index is 0.0538. The van der Waals surface area contributed by atoms with Crippen molar-refractivity contribution in [2.24, 2.45) is 0 Å². The van der Waals surface area contributed by atoms with Gasteiger partial charge in [0, 0.05) is 19.3 Å². The third-order valence-corrected chi connectivity index (χ3v) is 8.35. The Kier molecular flexibility index (Phi) is 29.7. The van der Waals surface area contributed by atoms with Crippen molar-refractivity contribution in [1.29, 1.82) is 0 Å². The molecule has 47 heavy (non-hydrogen) atoms. The van der Waals surface area contributed by atoms with Crippen LogP contribution in [0.3, 0.4) is 0 Å². The first-order chi connectivity index (χ1) is 22.6. The first kappa shape index (κ1) is 44.8. The molecule has 0 rings (SSSR count). The van der Waals surface area contributed by atoms with Crippen molar-refractivity contribution >= 4 is 17.9 Å². The SMILES string of the molecule is CCCC/C=C\C/C=C\CCCCCCCC(=O)OC(COCCC(C(=O)O)[N+](C)(C)C)COC(=O)CCCCCCCCCCC. The number of rotatable bonds is 33. The number of esters is 2. The Balaban J connectivity index is 4.45. The zero-order valence-electron chi connectivity index (χ0n) is 31.0. The summed E-state index contributed by atoms with van der Waals surface area (Å²) in [6, 6.07) is -0.612. The van der Waals surface area contributed by atoms with Gasteiger partial charge >= 0.3 is 17.9 Å². The second-order valence-electron chi connectivity index (χ2n) is 13.8. The number of ether oxygens (including phenoxy) is 3. The van der Waals surface area contributed by atoms with E-state index in [0.29, 0.717) is 19.3 Å².